The van der Waals surface area contributed by atoms with Gasteiger partial charge in [0.25, 0.3) is 0 Å². The maximum atomic E-state index is 6.24. The molecule has 0 N–H and O–H groups in total. The van der Waals surface area contributed by atoms with E-state index in [1.807, 2.05) is 85.8 Å². The molecular weight excluding hydrogens is 801 g/mol. The quantitative estimate of drug-likeness (QED) is 0.162. The molecule has 3 nitrogen and oxygen atoms in total. The Hall–Kier alpha value is -5.93. The van der Waals surface area contributed by atoms with E-state index in [-0.39, 0.29) is 20.1 Å². The Balaban J connectivity index is 0.000000265. The van der Waals surface area contributed by atoms with Crippen LogP contribution in [0, 0.1) is 19.1 Å². The number of benzene rings is 6. The van der Waals surface area contributed by atoms with Crippen LogP contribution < -0.4 is 0 Å². The zero-order valence-electron chi connectivity index (χ0n) is 27.9. The second-order valence-electron chi connectivity index (χ2n) is 12.1. The van der Waals surface area contributed by atoms with Crippen LogP contribution in [0.25, 0.3) is 77.8 Å². The van der Waals surface area contributed by atoms with E-state index < -0.39 is 0 Å². The van der Waals surface area contributed by atoms with Crippen LogP contribution in [-0.2, 0) is 20.1 Å². The molecule has 0 atom stereocenters. The molecule has 6 aromatic carbocycles. The third-order valence-electron chi connectivity index (χ3n) is 8.77. The van der Waals surface area contributed by atoms with Crippen molar-refractivity contribution in [3.05, 3.63) is 194 Å². The predicted molar refractivity (Wildman–Crippen MR) is 205 cm³/mol. The van der Waals surface area contributed by atoms with Gasteiger partial charge < -0.3 is 14.4 Å². The standard InChI is InChI=1S/C36H24NO.C11H8N.Ir/c1-24-7-4-13-34(37-24)30-9-5-8-29(23-30)27-17-15-25(16-18-27)26-19-21-28(22-20-26)31-11-6-12-33-32-10-2-3-14-35(32)38-36(31)33;1-2-6-10(7-3-1)11-8-4-5-9-12-11;/h2-8,10-23H,1H3;1-6,8-9H;/q2*-1;. The molecule has 9 aromatic rings. The first-order chi connectivity index (χ1) is 24.7. The average molecular weight is 833 g/mol. The molecule has 51 heavy (non-hydrogen) atoms. The van der Waals surface area contributed by atoms with Crippen LogP contribution in [0.3, 0.4) is 0 Å². The van der Waals surface area contributed by atoms with E-state index in [0.29, 0.717) is 0 Å². The molecule has 0 unspecified atom stereocenters. The summed E-state index contributed by atoms with van der Waals surface area (Å²) in [4.78, 5) is 8.87. The summed E-state index contributed by atoms with van der Waals surface area (Å²) in [5.74, 6) is 0. The zero-order chi connectivity index (χ0) is 33.7. The van der Waals surface area contributed by atoms with E-state index in [9.17, 15) is 0 Å². The van der Waals surface area contributed by atoms with Crippen molar-refractivity contribution in [2.75, 3.05) is 0 Å². The van der Waals surface area contributed by atoms with Crippen molar-refractivity contribution >= 4 is 21.9 Å². The molecule has 4 heteroatoms. The summed E-state index contributed by atoms with van der Waals surface area (Å²) in [7, 11) is 0. The summed E-state index contributed by atoms with van der Waals surface area (Å²) < 4.78 is 6.24. The number of hydrogen-bond acceptors (Lipinski definition) is 3. The first kappa shape index (κ1) is 33.6. The largest absolute Gasteiger partial charge is 0.455 e. The summed E-state index contributed by atoms with van der Waals surface area (Å²) in [5, 5.41) is 2.30. The first-order valence-corrected chi connectivity index (χ1v) is 16.6. The van der Waals surface area contributed by atoms with Crippen LogP contribution in [0.15, 0.2) is 180 Å². The number of hydrogen-bond donors (Lipinski definition) is 0. The molecule has 1 radical (unpaired) electrons. The van der Waals surface area contributed by atoms with E-state index in [2.05, 4.69) is 113 Å². The molecule has 0 fully saturated rings. The monoisotopic (exact) mass is 833 g/mol. The van der Waals surface area contributed by atoms with Crippen molar-refractivity contribution in [2.45, 2.75) is 6.92 Å². The van der Waals surface area contributed by atoms with E-state index >= 15 is 0 Å². The molecule has 247 valence electrons. The van der Waals surface area contributed by atoms with Crippen LogP contribution in [0.1, 0.15) is 5.69 Å². The van der Waals surface area contributed by atoms with E-state index in [1.54, 1.807) is 6.20 Å². The normalized spacial score (nSPS) is 10.7. The SMILES string of the molecule is Cc1cccc(-c2[c-]ccc(-c3ccc(-c4ccc(-c5cccc6c5oc5ccccc56)cc4)cc3)c2)n1.[Ir].[c-]1ccccc1-c1ccccn1. The Labute approximate surface area is 311 Å². The minimum Gasteiger partial charge on any atom is -0.455 e. The van der Waals surface area contributed by atoms with Crippen LogP contribution in [0.5, 0.6) is 0 Å². The summed E-state index contributed by atoms with van der Waals surface area (Å²) >= 11 is 0. The molecule has 9 rings (SSSR count). The third-order valence-corrected chi connectivity index (χ3v) is 8.77. The molecule has 0 aliphatic carbocycles. The van der Waals surface area contributed by atoms with Crippen LogP contribution in [-0.4, -0.2) is 9.97 Å². The van der Waals surface area contributed by atoms with Gasteiger partial charge in [-0.05, 0) is 58.8 Å². The Kier molecular flexibility index (Phi) is 10.1. The molecule has 3 aromatic heterocycles. The maximum absolute atomic E-state index is 6.24. The molecule has 0 aliphatic rings. The predicted octanol–water partition coefficient (Wildman–Crippen LogP) is 12.3. The number of nitrogens with zero attached hydrogens (tertiary/aromatic N) is 2. The van der Waals surface area contributed by atoms with Crippen molar-refractivity contribution in [1.29, 1.82) is 0 Å². The molecule has 0 aliphatic heterocycles. The number of aryl methyl sites for hydroxylation is 1. The van der Waals surface area contributed by atoms with Gasteiger partial charge in [0.05, 0.1) is 0 Å². The van der Waals surface area contributed by atoms with Crippen molar-refractivity contribution in [3.63, 3.8) is 0 Å². The summed E-state index contributed by atoms with van der Waals surface area (Å²) in [6.45, 7) is 2.01. The van der Waals surface area contributed by atoms with Gasteiger partial charge in [-0.25, -0.2) is 0 Å². The molecule has 0 saturated heterocycles. The van der Waals surface area contributed by atoms with Crippen LogP contribution in [0.4, 0.5) is 0 Å². The fourth-order valence-corrected chi connectivity index (χ4v) is 6.23. The molecule has 0 saturated carbocycles. The number of aromatic nitrogens is 2. The van der Waals surface area contributed by atoms with Gasteiger partial charge in [0.15, 0.2) is 0 Å². The minimum absolute atomic E-state index is 0. The van der Waals surface area contributed by atoms with Crippen molar-refractivity contribution in [1.82, 2.24) is 9.97 Å². The fraction of sp³-hybridized carbons (Fsp3) is 0.0213. The molecule has 0 spiro atoms. The van der Waals surface area contributed by atoms with Gasteiger partial charge in [-0.1, -0.05) is 109 Å². The van der Waals surface area contributed by atoms with E-state index in [1.165, 1.54) is 16.7 Å². The topological polar surface area (TPSA) is 38.9 Å². The summed E-state index contributed by atoms with van der Waals surface area (Å²) in [6, 6.07) is 64.5. The van der Waals surface area contributed by atoms with Crippen molar-refractivity contribution in [3.8, 4) is 55.9 Å². The number of pyridine rings is 2. The van der Waals surface area contributed by atoms with Gasteiger partial charge >= 0.3 is 0 Å². The Bertz CT molecular complexity index is 2490. The second-order valence-corrected chi connectivity index (χ2v) is 12.1. The molecule has 0 bridgehead atoms. The summed E-state index contributed by atoms with van der Waals surface area (Å²) in [6.07, 6.45) is 1.79. The number of fused-ring (bicyclic) bond motifs is 3. The molecule has 0 amide bonds. The van der Waals surface area contributed by atoms with Crippen molar-refractivity contribution < 1.29 is 24.5 Å². The Morgan fingerprint density at radius 2 is 1.14 bits per heavy atom. The van der Waals surface area contributed by atoms with E-state index in [4.69, 9.17) is 4.42 Å². The maximum Gasteiger partial charge on any atom is 0.143 e. The third kappa shape index (κ3) is 7.34. The summed E-state index contributed by atoms with van der Waals surface area (Å²) in [5.41, 5.74) is 13.8. The fourth-order valence-electron chi connectivity index (χ4n) is 6.23. The first-order valence-electron chi connectivity index (χ1n) is 16.6. The number of furan rings is 1. The Morgan fingerprint density at radius 3 is 1.86 bits per heavy atom. The zero-order valence-corrected chi connectivity index (χ0v) is 30.3. The molecular formula is C47H32IrN2O-2. The van der Waals surface area contributed by atoms with Gasteiger partial charge in [-0.15, -0.1) is 71.3 Å². The van der Waals surface area contributed by atoms with Crippen LogP contribution >= 0.6 is 0 Å². The van der Waals surface area contributed by atoms with Gasteiger partial charge in [-0.3, -0.25) is 0 Å². The van der Waals surface area contributed by atoms with Crippen LogP contribution in [0.2, 0.25) is 0 Å². The van der Waals surface area contributed by atoms with Gasteiger partial charge in [0.1, 0.15) is 11.2 Å². The van der Waals surface area contributed by atoms with Crippen molar-refractivity contribution in [2.24, 2.45) is 0 Å². The molecule has 3 heterocycles. The average Bonchev–Trinajstić information content (AvgIpc) is 3.58. The number of para-hydroxylation sites is 2. The Morgan fingerprint density at radius 1 is 0.490 bits per heavy atom. The smallest absolute Gasteiger partial charge is 0.143 e. The number of rotatable bonds is 5. The van der Waals surface area contributed by atoms with Gasteiger partial charge in [0.2, 0.25) is 0 Å². The van der Waals surface area contributed by atoms with Gasteiger partial charge in [0, 0.05) is 48.3 Å². The van der Waals surface area contributed by atoms with E-state index in [0.717, 1.165) is 66.8 Å². The second kappa shape index (κ2) is 15.3. The minimum atomic E-state index is 0. The van der Waals surface area contributed by atoms with Gasteiger partial charge in [-0.2, -0.15) is 0 Å².